The first-order chi connectivity index (χ1) is 18.7. The summed E-state index contributed by atoms with van der Waals surface area (Å²) in [6, 6.07) is 5.21. The number of H-pyrrole nitrogens is 1. The quantitative estimate of drug-likeness (QED) is 0.249. The summed E-state index contributed by atoms with van der Waals surface area (Å²) < 4.78 is 22.7. The molecule has 1 aliphatic heterocycles. The van der Waals surface area contributed by atoms with Gasteiger partial charge in [0.25, 0.3) is 10.6 Å². The Morgan fingerprint density at radius 1 is 1.31 bits per heavy atom. The van der Waals surface area contributed by atoms with E-state index in [-0.39, 0.29) is 24.5 Å². The summed E-state index contributed by atoms with van der Waals surface area (Å²) in [5.41, 5.74) is 1.90. The van der Waals surface area contributed by atoms with Crippen LogP contribution >= 0.6 is 0 Å². The molecule has 2 aromatic heterocycles. The van der Waals surface area contributed by atoms with E-state index < -0.39 is 22.2 Å². The van der Waals surface area contributed by atoms with E-state index in [0.717, 1.165) is 12.1 Å². The molecule has 4 rings (SSSR count). The molecule has 0 saturated carbocycles. The maximum Gasteiger partial charge on any atom is 0.294 e. The molecule has 2 N–H and O–H groups in total. The summed E-state index contributed by atoms with van der Waals surface area (Å²) in [5, 5.41) is 24.3. The van der Waals surface area contributed by atoms with Crippen molar-refractivity contribution in [3.8, 4) is 17.1 Å². The Hall–Kier alpha value is -3.36. The average molecular weight is 563 g/mol. The molecule has 0 radical (unpaired) electrons. The summed E-state index contributed by atoms with van der Waals surface area (Å²) in [6.45, 7) is 5.12. The average Bonchev–Trinajstić information content (AvgIpc) is 3.24. The molecular formula is C25H34N6O7S. The fourth-order valence-electron chi connectivity index (χ4n) is 4.92. The molecule has 1 aromatic carbocycles. The van der Waals surface area contributed by atoms with Crippen molar-refractivity contribution in [3.63, 3.8) is 0 Å². The number of aliphatic hydroxyl groups excluding tert-OH is 1. The Bertz CT molecular complexity index is 1400. The van der Waals surface area contributed by atoms with Crippen LogP contribution in [-0.2, 0) is 29.3 Å². The van der Waals surface area contributed by atoms with Crippen LogP contribution in [0, 0.1) is 16.0 Å². The van der Waals surface area contributed by atoms with E-state index >= 15 is 0 Å². The van der Waals surface area contributed by atoms with Gasteiger partial charge in [-0.2, -0.15) is 5.10 Å². The molecular weight excluding hydrogens is 528 g/mol. The van der Waals surface area contributed by atoms with Gasteiger partial charge in [0.15, 0.2) is 5.52 Å². The Labute approximate surface area is 227 Å². The molecule has 3 heterocycles. The van der Waals surface area contributed by atoms with Gasteiger partial charge in [-0.1, -0.05) is 13.3 Å². The highest BCUT2D eigenvalue weighted by Gasteiger charge is 2.29. The molecule has 1 aliphatic rings. The summed E-state index contributed by atoms with van der Waals surface area (Å²) >= 11 is 0. The fourth-order valence-corrected chi connectivity index (χ4v) is 6.17. The van der Waals surface area contributed by atoms with Crippen LogP contribution in [0.25, 0.3) is 22.4 Å². The van der Waals surface area contributed by atoms with E-state index in [2.05, 4.69) is 14.9 Å². The molecule has 0 spiro atoms. The largest absolute Gasteiger partial charge is 0.493 e. The molecule has 1 fully saturated rings. The first-order valence-electron chi connectivity index (χ1n) is 13.1. The molecule has 39 heavy (non-hydrogen) atoms. The third-order valence-corrected chi connectivity index (χ3v) is 8.34. The highest BCUT2D eigenvalue weighted by Crippen LogP contribution is 2.32. The Balaban J connectivity index is 1.57. The predicted molar refractivity (Wildman–Crippen MR) is 144 cm³/mol. The molecule has 13 nitrogen and oxygen atoms in total. The Morgan fingerprint density at radius 2 is 2.05 bits per heavy atom. The minimum absolute atomic E-state index is 0.0534. The van der Waals surface area contributed by atoms with Crippen molar-refractivity contribution in [3.05, 3.63) is 44.4 Å². The van der Waals surface area contributed by atoms with E-state index in [1.807, 2.05) is 18.2 Å². The standard InChI is InChI=1S/C25H34N6O7S/c1-4-6-19-22-23(29(3)28-19)25(33)27-24(26-22)18-15-17(7-8-21(18)37-5-2)39(36)30-12-9-16(10-13-30)20(32)11-14-38-31(34)35/h7-8,15-16,20,32H,4-6,9-14H2,1-3H3,(H,26,27,33). The lowest BCUT2D eigenvalue weighted by molar-refractivity contribution is -0.758. The normalized spacial score (nSPS) is 16.3. The first kappa shape index (κ1) is 28.6. The highest BCUT2D eigenvalue weighted by atomic mass is 32.2. The number of fused-ring (bicyclic) bond motifs is 1. The maximum atomic E-state index is 13.5. The van der Waals surface area contributed by atoms with Crippen LogP contribution in [0.5, 0.6) is 5.75 Å². The number of hydrogen-bond acceptors (Lipinski definition) is 9. The van der Waals surface area contributed by atoms with Crippen molar-refractivity contribution in [1.29, 1.82) is 0 Å². The summed E-state index contributed by atoms with van der Waals surface area (Å²) in [4.78, 5) is 35.8. The number of aromatic amines is 1. The van der Waals surface area contributed by atoms with Crippen molar-refractivity contribution in [2.75, 3.05) is 26.3 Å². The van der Waals surface area contributed by atoms with E-state index in [1.165, 1.54) is 0 Å². The van der Waals surface area contributed by atoms with Gasteiger partial charge >= 0.3 is 0 Å². The maximum absolute atomic E-state index is 13.5. The van der Waals surface area contributed by atoms with Gasteiger partial charge in [-0.25, -0.2) is 13.5 Å². The predicted octanol–water partition coefficient (Wildman–Crippen LogP) is 2.37. The zero-order valence-corrected chi connectivity index (χ0v) is 23.1. The third-order valence-electron chi connectivity index (χ3n) is 6.84. The molecule has 0 aliphatic carbocycles. The van der Waals surface area contributed by atoms with E-state index in [4.69, 9.17) is 9.72 Å². The van der Waals surface area contributed by atoms with Crippen molar-refractivity contribution >= 4 is 22.0 Å². The van der Waals surface area contributed by atoms with Gasteiger partial charge in [-0.15, -0.1) is 10.1 Å². The van der Waals surface area contributed by atoms with Gasteiger partial charge in [-0.05, 0) is 56.7 Å². The minimum Gasteiger partial charge on any atom is -0.493 e. The lowest BCUT2D eigenvalue weighted by Gasteiger charge is -2.33. The number of nitrogens with one attached hydrogen (secondary N) is 1. The number of ether oxygens (including phenoxy) is 1. The second-order valence-corrected chi connectivity index (χ2v) is 10.9. The number of aromatic nitrogens is 4. The SMILES string of the molecule is CCCc1nn(C)c2c(=O)[nH]c(-c3cc(S(=O)N4CCC(C(O)CCO[N+](=O)[O-])CC4)ccc3OCC)nc12. The van der Waals surface area contributed by atoms with Gasteiger partial charge in [-0.3, -0.25) is 9.48 Å². The van der Waals surface area contributed by atoms with Gasteiger partial charge < -0.3 is 19.7 Å². The number of aryl methyl sites for hydroxylation is 2. The third kappa shape index (κ3) is 6.45. The number of piperidine rings is 1. The van der Waals surface area contributed by atoms with Gasteiger partial charge in [0.05, 0.1) is 35.5 Å². The number of benzene rings is 1. The Morgan fingerprint density at radius 3 is 2.72 bits per heavy atom. The first-order valence-corrected chi connectivity index (χ1v) is 14.2. The topological polar surface area (TPSA) is 166 Å². The van der Waals surface area contributed by atoms with E-state index in [1.54, 1.807) is 29.9 Å². The molecule has 0 amide bonds. The van der Waals surface area contributed by atoms with Crippen molar-refractivity contribution in [2.24, 2.45) is 13.0 Å². The molecule has 0 bridgehead atoms. The fraction of sp³-hybridized carbons (Fsp3) is 0.560. The summed E-state index contributed by atoms with van der Waals surface area (Å²) in [6.07, 6.45) is 2.19. The number of hydrogen-bond donors (Lipinski definition) is 2. The number of rotatable bonds is 12. The smallest absolute Gasteiger partial charge is 0.294 e. The Kier molecular flexibility index (Phi) is 9.30. The molecule has 1 saturated heterocycles. The molecule has 14 heteroatoms. The van der Waals surface area contributed by atoms with Crippen LogP contribution in [0.3, 0.4) is 0 Å². The van der Waals surface area contributed by atoms with Gasteiger partial charge in [0.1, 0.15) is 28.1 Å². The van der Waals surface area contributed by atoms with Crippen LogP contribution in [0.15, 0.2) is 27.9 Å². The second kappa shape index (κ2) is 12.7. The van der Waals surface area contributed by atoms with Gasteiger partial charge in [0, 0.05) is 20.1 Å². The summed E-state index contributed by atoms with van der Waals surface area (Å²) in [7, 11) is 0.223. The van der Waals surface area contributed by atoms with Crippen LogP contribution in [-0.4, -0.2) is 70.9 Å². The molecule has 3 aromatic rings. The van der Waals surface area contributed by atoms with Crippen LogP contribution in [0.4, 0.5) is 0 Å². The van der Waals surface area contributed by atoms with E-state index in [0.29, 0.717) is 72.0 Å². The molecule has 212 valence electrons. The van der Waals surface area contributed by atoms with Crippen LogP contribution in [0.2, 0.25) is 0 Å². The lowest BCUT2D eigenvalue weighted by Crippen LogP contribution is -2.39. The lowest BCUT2D eigenvalue weighted by atomic mass is 9.91. The minimum atomic E-state index is -1.50. The molecule has 2 unspecified atom stereocenters. The van der Waals surface area contributed by atoms with Crippen LogP contribution < -0.4 is 10.3 Å². The second-order valence-electron chi connectivity index (χ2n) is 9.45. The van der Waals surface area contributed by atoms with Gasteiger partial charge in [0.2, 0.25) is 0 Å². The molecule has 2 atom stereocenters. The van der Waals surface area contributed by atoms with Crippen molar-refractivity contribution in [2.45, 2.75) is 57.0 Å². The zero-order chi connectivity index (χ0) is 28.1. The van der Waals surface area contributed by atoms with Crippen molar-refractivity contribution in [1.82, 2.24) is 24.1 Å². The van der Waals surface area contributed by atoms with Crippen LogP contribution in [0.1, 0.15) is 45.2 Å². The summed E-state index contributed by atoms with van der Waals surface area (Å²) in [5.74, 6) is 0.779. The zero-order valence-electron chi connectivity index (χ0n) is 22.3. The highest BCUT2D eigenvalue weighted by molar-refractivity contribution is 7.82. The van der Waals surface area contributed by atoms with E-state index in [9.17, 15) is 24.2 Å². The van der Waals surface area contributed by atoms with Crippen molar-refractivity contribution < 1.29 is 24.0 Å². The monoisotopic (exact) mass is 562 g/mol. The number of aliphatic hydroxyl groups is 1. The number of nitrogens with zero attached hydrogens (tertiary/aromatic N) is 5.